The number of carbonyl (C=O) groups is 1. The van der Waals surface area contributed by atoms with Gasteiger partial charge in [0.25, 0.3) is 0 Å². The van der Waals surface area contributed by atoms with E-state index in [2.05, 4.69) is 46.1 Å². The van der Waals surface area contributed by atoms with Gasteiger partial charge in [-0.2, -0.15) is 0 Å². The number of carboxylic acid groups (broad SMARTS) is 1. The van der Waals surface area contributed by atoms with E-state index in [1.807, 2.05) is 24.3 Å². The third-order valence-corrected chi connectivity index (χ3v) is 6.47. The fourth-order valence-electron chi connectivity index (χ4n) is 4.58. The molecule has 0 bridgehead atoms. The highest BCUT2D eigenvalue weighted by Crippen LogP contribution is 2.25. The molecule has 2 N–H and O–H groups in total. The van der Waals surface area contributed by atoms with E-state index in [0.717, 1.165) is 36.5 Å². The number of piperidine rings is 1. The molecule has 1 unspecified atom stereocenters. The Morgan fingerprint density at radius 1 is 1.12 bits per heavy atom. The highest BCUT2D eigenvalue weighted by molar-refractivity contribution is 5.93. The number of H-pyrrole nitrogens is 1. The molecule has 1 saturated heterocycles. The number of aromatic amines is 1. The van der Waals surface area contributed by atoms with Crippen LogP contribution in [0.3, 0.4) is 0 Å². The fourth-order valence-corrected chi connectivity index (χ4v) is 4.58. The van der Waals surface area contributed by atoms with Crippen LogP contribution in [0.1, 0.15) is 34.3 Å². The van der Waals surface area contributed by atoms with Gasteiger partial charge in [-0.25, -0.2) is 9.78 Å². The second-order valence-electron chi connectivity index (χ2n) is 9.19. The summed E-state index contributed by atoms with van der Waals surface area (Å²) in [6, 6.07) is 21.6. The highest BCUT2D eigenvalue weighted by atomic mass is 16.5. The number of fused-ring (bicyclic) bond motifs is 1. The first-order valence-corrected chi connectivity index (χ1v) is 11.8. The van der Waals surface area contributed by atoms with E-state index in [1.165, 1.54) is 24.0 Å². The Morgan fingerprint density at radius 2 is 1.91 bits per heavy atom. The zero-order chi connectivity index (χ0) is 23.5. The molecule has 2 heterocycles. The van der Waals surface area contributed by atoms with Gasteiger partial charge in [0.15, 0.2) is 0 Å². The average Bonchev–Trinajstić information content (AvgIpc) is 3.28. The van der Waals surface area contributed by atoms with Gasteiger partial charge in [-0.1, -0.05) is 29.8 Å². The fraction of sp³-hybridized carbons (Fsp3) is 0.286. The molecule has 0 amide bonds. The van der Waals surface area contributed by atoms with Crippen molar-refractivity contribution in [3.63, 3.8) is 0 Å². The van der Waals surface area contributed by atoms with Gasteiger partial charge >= 0.3 is 5.97 Å². The maximum atomic E-state index is 11.2. The molecule has 4 aromatic rings. The van der Waals surface area contributed by atoms with E-state index in [4.69, 9.17) is 4.74 Å². The smallest absolute Gasteiger partial charge is 0.335 e. The van der Waals surface area contributed by atoms with Crippen LogP contribution in [-0.4, -0.2) is 45.6 Å². The zero-order valence-corrected chi connectivity index (χ0v) is 19.3. The summed E-state index contributed by atoms with van der Waals surface area (Å²) in [4.78, 5) is 21.5. The molecule has 1 aliphatic rings. The summed E-state index contributed by atoms with van der Waals surface area (Å²) in [6.45, 7) is 6.04. The minimum Gasteiger partial charge on any atom is -0.493 e. The van der Waals surface area contributed by atoms with Crippen molar-refractivity contribution in [3.05, 3.63) is 83.4 Å². The molecule has 174 valence electrons. The summed E-state index contributed by atoms with van der Waals surface area (Å²) in [5.74, 6) is 1.13. The van der Waals surface area contributed by atoms with Crippen LogP contribution in [0.15, 0.2) is 66.7 Å². The number of ether oxygens (including phenoxy) is 1. The third-order valence-electron chi connectivity index (χ3n) is 6.47. The number of nitrogens with one attached hydrogen (secondary N) is 1. The molecular formula is C28H29N3O3. The third kappa shape index (κ3) is 5.13. The van der Waals surface area contributed by atoms with Gasteiger partial charge in [0.05, 0.1) is 23.2 Å². The monoisotopic (exact) mass is 455 g/mol. The Bertz CT molecular complexity index is 1280. The lowest BCUT2D eigenvalue weighted by Crippen LogP contribution is -2.37. The quantitative estimate of drug-likeness (QED) is 0.383. The molecule has 0 radical (unpaired) electrons. The van der Waals surface area contributed by atoms with E-state index in [9.17, 15) is 9.90 Å². The standard InChI is InChI=1S/C28H29N3O3/c1-19-4-6-20(7-5-19)16-31-14-2-3-21(17-31)18-34-24-11-8-22(9-12-24)27-29-25-13-10-23(28(32)33)15-26(25)30-27/h4-13,15,21H,2-3,14,16-18H2,1H3,(H,29,30)(H,32,33). The molecule has 34 heavy (non-hydrogen) atoms. The zero-order valence-electron chi connectivity index (χ0n) is 19.3. The molecule has 1 fully saturated rings. The Morgan fingerprint density at radius 3 is 2.68 bits per heavy atom. The van der Waals surface area contributed by atoms with Crippen molar-refractivity contribution in [1.29, 1.82) is 0 Å². The second-order valence-corrected chi connectivity index (χ2v) is 9.19. The number of hydrogen-bond donors (Lipinski definition) is 2. The number of hydrogen-bond acceptors (Lipinski definition) is 4. The van der Waals surface area contributed by atoms with E-state index >= 15 is 0 Å². The second kappa shape index (κ2) is 9.69. The summed E-state index contributed by atoms with van der Waals surface area (Å²) in [5.41, 5.74) is 5.28. The van der Waals surface area contributed by atoms with E-state index in [1.54, 1.807) is 18.2 Å². The van der Waals surface area contributed by atoms with Crippen LogP contribution in [0, 0.1) is 12.8 Å². The van der Waals surface area contributed by atoms with E-state index in [-0.39, 0.29) is 5.56 Å². The lowest BCUT2D eigenvalue weighted by atomic mass is 9.98. The molecule has 0 aliphatic carbocycles. The molecular weight excluding hydrogens is 426 g/mol. The first-order valence-electron chi connectivity index (χ1n) is 11.8. The number of aryl methyl sites for hydroxylation is 1. The lowest BCUT2D eigenvalue weighted by molar-refractivity contribution is 0.0697. The molecule has 0 spiro atoms. The van der Waals surface area contributed by atoms with Crippen molar-refractivity contribution in [1.82, 2.24) is 14.9 Å². The Hall–Kier alpha value is -3.64. The van der Waals surface area contributed by atoms with Crippen LogP contribution >= 0.6 is 0 Å². The molecule has 3 aromatic carbocycles. The maximum absolute atomic E-state index is 11.2. The number of imidazole rings is 1. The summed E-state index contributed by atoms with van der Waals surface area (Å²) < 4.78 is 6.13. The van der Waals surface area contributed by atoms with Crippen LogP contribution in [0.4, 0.5) is 0 Å². The number of nitrogens with zero attached hydrogens (tertiary/aromatic N) is 2. The van der Waals surface area contributed by atoms with Crippen molar-refractivity contribution < 1.29 is 14.6 Å². The topological polar surface area (TPSA) is 78.4 Å². The van der Waals surface area contributed by atoms with Crippen LogP contribution in [-0.2, 0) is 6.54 Å². The van der Waals surface area contributed by atoms with Crippen molar-refractivity contribution in [2.45, 2.75) is 26.3 Å². The highest BCUT2D eigenvalue weighted by Gasteiger charge is 2.20. The van der Waals surface area contributed by atoms with Gasteiger partial charge in [0.1, 0.15) is 11.6 Å². The van der Waals surface area contributed by atoms with Gasteiger partial charge in [-0.05, 0) is 74.3 Å². The van der Waals surface area contributed by atoms with Gasteiger partial charge in [-0.3, -0.25) is 4.90 Å². The number of benzene rings is 3. The van der Waals surface area contributed by atoms with Crippen LogP contribution in [0.5, 0.6) is 5.75 Å². The molecule has 6 nitrogen and oxygen atoms in total. The minimum atomic E-state index is -0.954. The van der Waals surface area contributed by atoms with Gasteiger partial charge in [0, 0.05) is 24.6 Å². The predicted molar refractivity (Wildman–Crippen MR) is 133 cm³/mol. The summed E-state index contributed by atoms with van der Waals surface area (Å²) in [6.07, 6.45) is 2.40. The van der Waals surface area contributed by atoms with Gasteiger partial charge < -0.3 is 14.8 Å². The average molecular weight is 456 g/mol. The van der Waals surface area contributed by atoms with E-state index < -0.39 is 5.97 Å². The molecule has 1 aromatic heterocycles. The number of rotatable bonds is 7. The first-order chi connectivity index (χ1) is 16.5. The van der Waals surface area contributed by atoms with Gasteiger partial charge in [-0.15, -0.1) is 0 Å². The Kier molecular flexibility index (Phi) is 6.32. The maximum Gasteiger partial charge on any atom is 0.335 e. The molecule has 5 rings (SSSR count). The summed E-state index contributed by atoms with van der Waals surface area (Å²) >= 11 is 0. The lowest BCUT2D eigenvalue weighted by Gasteiger charge is -2.32. The van der Waals surface area contributed by atoms with Crippen LogP contribution < -0.4 is 4.74 Å². The number of aromatic nitrogens is 2. The van der Waals surface area contributed by atoms with E-state index in [0.29, 0.717) is 23.9 Å². The molecule has 1 aliphatic heterocycles. The van der Waals surface area contributed by atoms with Crippen molar-refractivity contribution in [3.8, 4) is 17.1 Å². The predicted octanol–water partition coefficient (Wildman–Crippen LogP) is 5.53. The normalized spacial score (nSPS) is 16.6. The Labute approximate surface area is 199 Å². The molecule has 0 saturated carbocycles. The molecule has 1 atom stereocenters. The van der Waals surface area contributed by atoms with Crippen molar-refractivity contribution in [2.24, 2.45) is 5.92 Å². The number of aromatic carboxylic acids is 1. The van der Waals surface area contributed by atoms with Crippen molar-refractivity contribution >= 4 is 17.0 Å². The number of likely N-dealkylation sites (tertiary alicyclic amines) is 1. The SMILES string of the molecule is Cc1ccc(CN2CCCC(COc3ccc(-c4nc5cc(C(=O)O)ccc5[nH]4)cc3)C2)cc1. The largest absolute Gasteiger partial charge is 0.493 e. The summed E-state index contributed by atoms with van der Waals surface area (Å²) in [7, 11) is 0. The minimum absolute atomic E-state index is 0.231. The summed E-state index contributed by atoms with van der Waals surface area (Å²) in [5, 5.41) is 9.18. The first kappa shape index (κ1) is 22.2. The van der Waals surface area contributed by atoms with Gasteiger partial charge in [0.2, 0.25) is 0 Å². The van der Waals surface area contributed by atoms with Crippen LogP contribution in [0.2, 0.25) is 0 Å². The van der Waals surface area contributed by atoms with Crippen LogP contribution in [0.25, 0.3) is 22.4 Å². The van der Waals surface area contributed by atoms with Crippen molar-refractivity contribution in [2.75, 3.05) is 19.7 Å². The molecule has 6 heteroatoms. The Balaban J connectivity index is 1.18. The number of carboxylic acids is 1.